The SMILES string of the molecule is c1ccc(-c2cccc(-c3cc(-c4ccc(-c5cc(-c6ccc(-c7cccc(-n8c9ccccc9c9ccccc98)c7)cc6)nc(-c6cccc(-c7cccc(-c8ccccc8-c8ccccc8)c7)c6)n5)cc4)cc(-c4cccc5c4oc4ccccc45)c3)c2)cc1. The van der Waals surface area contributed by atoms with Crippen LogP contribution in [0.4, 0.5) is 0 Å². The minimum absolute atomic E-state index is 0.645. The van der Waals surface area contributed by atoms with Gasteiger partial charge >= 0.3 is 0 Å². The minimum Gasteiger partial charge on any atom is -0.455 e. The zero-order valence-corrected chi connectivity index (χ0v) is 50.2. The fourth-order valence-electron chi connectivity index (χ4n) is 13.5. The van der Waals surface area contributed by atoms with Crippen molar-refractivity contribution in [1.29, 1.82) is 0 Å². The summed E-state index contributed by atoms with van der Waals surface area (Å²) >= 11 is 0. The van der Waals surface area contributed by atoms with Crippen molar-refractivity contribution in [3.05, 3.63) is 346 Å². The highest BCUT2D eigenvalue weighted by Gasteiger charge is 2.19. The average Bonchev–Trinajstić information content (AvgIpc) is 1.63. The molecule has 0 spiro atoms. The minimum atomic E-state index is 0.645. The van der Waals surface area contributed by atoms with E-state index in [2.05, 4.69) is 344 Å². The molecule has 0 saturated carbocycles. The molecule has 0 fully saturated rings. The Morgan fingerprint density at radius 2 is 0.598 bits per heavy atom. The number of fused-ring (bicyclic) bond motifs is 6. The first-order valence-electron chi connectivity index (χ1n) is 31.3. The summed E-state index contributed by atoms with van der Waals surface area (Å²) in [5, 5.41) is 4.70. The third-order valence-corrected chi connectivity index (χ3v) is 18.0. The fourth-order valence-corrected chi connectivity index (χ4v) is 13.5. The van der Waals surface area contributed by atoms with Crippen molar-refractivity contribution in [1.82, 2.24) is 14.5 Å². The molecule has 0 bridgehead atoms. The first kappa shape index (κ1) is 54.0. The van der Waals surface area contributed by atoms with Gasteiger partial charge in [-0.3, -0.25) is 0 Å². The Bertz CT molecular complexity index is 5570. The molecule has 0 atom stereocenters. The molecule has 4 nitrogen and oxygen atoms in total. The van der Waals surface area contributed by atoms with Crippen molar-refractivity contribution in [2.45, 2.75) is 0 Å². The lowest BCUT2D eigenvalue weighted by molar-refractivity contribution is 0.670. The van der Waals surface area contributed by atoms with Gasteiger partial charge in [0.1, 0.15) is 11.2 Å². The Hall–Kier alpha value is -12.2. The van der Waals surface area contributed by atoms with Gasteiger partial charge in [-0.2, -0.15) is 0 Å². The van der Waals surface area contributed by atoms with Gasteiger partial charge in [-0.05, 0) is 156 Å². The van der Waals surface area contributed by atoms with Crippen LogP contribution in [0.25, 0.3) is 172 Å². The van der Waals surface area contributed by atoms with Crippen LogP contribution in [0, 0.1) is 0 Å². The third-order valence-electron chi connectivity index (χ3n) is 18.0. The van der Waals surface area contributed by atoms with E-state index in [9.17, 15) is 0 Å². The van der Waals surface area contributed by atoms with Gasteiger partial charge in [-0.15, -0.1) is 0 Å². The maximum atomic E-state index is 6.68. The number of hydrogen-bond donors (Lipinski definition) is 0. The van der Waals surface area contributed by atoms with Gasteiger partial charge in [0.05, 0.1) is 22.4 Å². The van der Waals surface area contributed by atoms with Crippen LogP contribution < -0.4 is 0 Å². The number of nitrogens with zero attached hydrogens (tertiary/aromatic N) is 3. The average molecular weight is 1170 g/mol. The maximum absolute atomic E-state index is 6.68. The van der Waals surface area contributed by atoms with Crippen molar-refractivity contribution in [2.24, 2.45) is 0 Å². The number of hydrogen-bond acceptors (Lipinski definition) is 3. The Kier molecular flexibility index (Phi) is 13.5. The predicted octanol–water partition coefficient (Wildman–Crippen LogP) is 23.8. The number of rotatable bonds is 12. The molecule has 17 rings (SSSR count). The van der Waals surface area contributed by atoms with Gasteiger partial charge in [0, 0.05) is 49.5 Å². The van der Waals surface area contributed by atoms with Gasteiger partial charge in [-0.1, -0.05) is 273 Å². The van der Waals surface area contributed by atoms with Crippen LogP contribution in [-0.4, -0.2) is 14.5 Å². The fraction of sp³-hybridized carbons (Fsp3) is 0. The second kappa shape index (κ2) is 23.0. The van der Waals surface area contributed by atoms with Crippen molar-refractivity contribution in [3.8, 4) is 129 Å². The first-order valence-corrected chi connectivity index (χ1v) is 31.3. The van der Waals surface area contributed by atoms with E-state index < -0.39 is 0 Å². The van der Waals surface area contributed by atoms with Crippen molar-refractivity contribution >= 4 is 43.7 Å². The smallest absolute Gasteiger partial charge is 0.160 e. The summed E-state index contributed by atoms with van der Waals surface area (Å²) in [6, 6.07) is 124. The Balaban J connectivity index is 0.764. The molecule has 0 N–H and O–H groups in total. The Labute approximate surface area is 533 Å². The van der Waals surface area contributed by atoms with Crippen molar-refractivity contribution < 1.29 is 4.42 Å². The molecule has 0 amide bonds. The summed E-state index contributed by atoms with van der Waals surface area (Å²) in [4.78, 5) is 10.9. The molecule has 0 aliphatic heterocycles. The summed E-state index contributed by atoms with van der Waals surface area (Å²) < 4.78 is 9.05. The molecule has 0 aliphatic rings. The first-order chi connectivity index (χ1) is 45.6. The lowest BCUT2D eigenvalue weighted by atomic mass is 9.91. The molecule has 3 heterocycles. The quantitative estimate of drug-likeness (QED) is 0.122. The highest BCUT2D eigenvalue weighted by molar-refractivity contribution is 6.11. The van der Waals surface area contributed by atoms with E-state index in [-0.39, 0.29) is 0 Å². The molecule has 0 aliphatic carbocycles. The van der Waals surface area contributed by atoms with Crippen LogP contribution in [0.2, 0.25) is 0 Å². The highest BCUT2D eigenvalue weighted by atomic mass is 16.3. The monoisotopic (exact) mass is 1170 g/mol. The molecule has 4 heteroatoms. The summed E-state index contributed by atoms with van der Waals surface area (Å²) in [5.74, 6) is 0.645. The molecular formula is C88H57N3O. The highest BCUT2D eigenvalue weighted by Crippen LogP contribution is 2.42. The van der Waals surface area contributed by atoms with E-state index in [1.54, 1.807) is 0 Å². The zero-order valence-electron chi connectivity index (χ0n) is 50.2. The lowest BCUT2D eigenvalue weighted by Gasteiger charge is -2.14. The molecular weight excluding hydrogens is 1110 g/mol. The van der Waals surface area contributed by atoms with Crippen LogP contribution in [0.5, 0.6) is 0 Å². The normalized spacial score (nSPS) is 11.5. The number of benzene rings is 14. The zero-order chi connectivity index (χ0) is 60.9. The van der Waals surface area contributed by atoms with Gasteiger partial charge in [-0.25, -0.2) is 9.97 Å². The summed E-state index contributed by atoms with van der Waals surface area (Å²) in [7, 11) is 0. The molecule has 0 unspecified atom stereocenters. The van der Waals surface area contributed by atoms with Gasteiger partial charge in [0.15, 0.2) is 5.82 Å². The standard InChI is InChI=1S/C88H57N3O/c1-3-20-58(21-4-1)64-24-15-27-67(50-64)72-53-71(54-73(55-72)77-37-19-38-81-80-36-11-14-41-86(80)92-87(77)81)60-44-48-63(49-45-60)83-57-82(62-46-42-59(43-47-62)68-28-18-31-74(56-68)91-84-39-12-9-34-78(84)79-35-10-13-40-85(79)91)89-88(90-83)70-30-17-26-66(52-70)65-25-16-29-69(51-65)76-33-8-7-32-75(76)61-22-5-2-6-23-61/h1-57H. The number of furan rings is 1. The van der Waals surface area contributed by atoms with Crippen LogP contribution in [-0.2, 0) is 0 Å². The van der Waals surface area contributed by atoms with Gasteiger partial charge in [0.25, 0.3) is 0 Å². The van der Waals surface area contributed by atoms with Crippen molar-refractivity contribution in [3.63, 3.8) is 0 Å². The van der Waals surface area contributed by atoms with E-state index in [0.717, 1.165) is 117 Å². The summed E-state index contributed by atoms with van der Waals surface area (Å²) in [5.41, 5.74) is 27.9. The molecule has 14 aromatic carbocycles. The second-order valence-corrected chi connectivity index (χ2v) is 23.6. The van der Waals surface area contributed by atoms with Crippen LogP contribution in [0.15, 0.2) is 350 Å². The maximum Gasteiger partial charge on any atom is 0.160 e. The van der Waals surface area contributed by atoms with Crippen LogP contribution in [0.1, 0.15) is 0 Å². The molecule has 0 saturated heterocycles. The van der Waals surface area contributed by atoms with E-state index in [1.807, 2.05) is 6.07 Å². The van der Waals surface area contributed by atoms with Gasteiger partial charge in [0.2, 0.25) is 0 Å². The molecule has 3 aromatic heterocycles. The van der Waals surface area contributed by atoms with Crippen LogP contribution in [0.3, 0.4) is 0 Å². The molecule has 0 radical (unpaired) electrons. The topological polar surface area (TPSA) is 43.9 Å². The Morgan fingerprint density at radius 3 is 1.25 bits per heavy atom. The third kappa shape index (κ3) is 10.0. The number of aromatic nitrogens is 3. The molecule has 430 valence electrons. The molecule has 92 heavy (non-hydrogen) atoms. The second-order valence-electron chi connectivity index (χ2n) is 23.6. The predicted molar refractivity (Wildman–Crippen MR) is 383 cm³/mol. The number of para-hydroxylation sites is 4. The van der Waals surface area contributed by atoms with E-state index in [1.165, 1.54) is 49.6 Å². The van der Waals surface area contributed by atoms with Crippen molar-refractivity contribution in [2.75, 3.05) is 0 Å². The summed E-state index contributed by atoms with van der Waals surface area (Å²) in [6.07, 6.45) is 0. The molecule has 17 aromatic rings. The Morgan fingerprint density at radius 1 is 0.217 bits per heavy atom. The lowest BCUT2D eigenvalue weighted by Crippen LogP contribution is -1.96. The summed E-state index contributed by atoms with van der Waals surface area (Å²) in [6.45, 7) is 0. The van der Waals surface area contributed by atoms with E-state index in [0.29, 0.717) is 5.82 Å². The van der Waals surface area contributed by atoms with E-state index in [4.69, 9.17) is 14.4 Å². The van der Waals surface area contributed by atoms with Gasteiger partial charge < -0.3 is 8.98 Å². The van der Waals surface area contributed by atoms with E-state index >= 15 is 0 Å². The van der Waals surface area contributed by atoms with Crippen LogP contribution >= 0.6 is 0 Å². The largest absolute Gasteiger partial charge is 0.455 e.